The number of benzene rings is 1. The van der Waals surface area contributed by atoms with Crippen LogP contribution in [-0.2, 0) is 0 Å². The molecule has 2 aliphatic heterocycles. The summed E-state index contributed by atoms with van der Waals surface area (Å²) in [6.07, 6.45) is 2.23. The standard InChI is InChI=1S/C28H37N9O3/c1-17-15-37(16-21(30)26(17)35(3)28(39)40)24-6-7-31-14-23(24)33-27(38)25-20(29)12-18-4-5-19(13-22(18)32-25)36-10-8-34(2)9-11-36/h4-7,12-14,17,21,26H,8-11,15-16,29-30H2,1-3H3,(H,33,38)(H,39,40)/t17-,21+,26-/m0/s1. The number of piperazine rings is 1. The summed E-state index contributed by atoms with van der Waals surface area (Å²) in [4.78, 5) is 41.9. The molecular weight excluding hydrogens is 510 g/mol. The number of piperidine rings is 1. The van der Waals surface area contributed by atoms with E-state index in [2.05, 4.69) is 43.1 Å². The van der Waals surface area contributed by atoms with Gasteiger partial charge in [-0.2, -0.15) is 0 Å². The number of likely N-dealkylation sites (N-methyl/N-ethyl adjacent to an activating group) is 2. The molecule has 4 heterocycles. The Labute approximate surface area is 233 Å². The quantitative estimate of drug-likeness (QED) is 0.372. The van der Waals surface area contributed by atoms with Gasteiger partial charge in [0.05, 0.1) is 34.8 Å². The van der Waals surface area contributed by atoms with E-state index in [9.17, 15) is 14.7 Å². The van der Waals surface area contributed by atoms with E-state index in [4.69, 9.17) is 11.5 Å². The Kier molecular flexibility index (Phi) is 7.63. The number of nitrogens with two attached hydrogens (primary N) is 2. The molecule has 2 aliphatic rings. The number of hydrogen-bond donors (Lipinski definition) is 4. The van der Waals surface area contributed by atoms with Crippen molar-refractivity contribution in [2.75, 3.05) is 74.2 Å². The lowest BCUT2D eigenvalue weighted by molar-refractivity contribution is 0.102. The van der Waals surface area contributed by atoms with Crippen molar-refractivity contribution in [1.82, 2.24) is 19.8 Å². The molecule has 2 saturated heterocycles. The van der Waals surface area contributed by atoms with E-state index < -0.39 is 18.0 Å². The predicted octanol–water partition coefficient (Wildman–Crippen LogP) is 1.98. The van der Waals surface area contributed by atoms with Gasteiger partial charge in [-0.15, -0.1) is 0 Å². The lowest BCUT2D eigenvalue weighted by atomic mass is 9.89. The first-order valence-electron chi connectivity index (χ1n) is 13.5. The maximum absolute atomic E-state index is 13.5. The number of rotatable bonds is 5. The number of carbonyl (C=O) groups excluding carboxylic acids is 1. The maximum Gasteiger partial charge on any atom is 0.407 e. The third-order valence-corrected chi connectivity index (χ3v) is 8.01. The minimum absolute atomic E-state index is 0.0335. The van der Waals surface area contributed by atoms with Crippen molar-refractivity contribution < 1.29 is 14.7 Å². The number of hydrogen-bond acceptors (Lipinski definition) is 9. The monoisotopic (exact) mass is 547 g/mol. The predicted molar refractivity (Wildman–Crippen MR) is 157 cm³/mol. The average Bonchev–Trinajstić information content (AvgIpc) is 2.92. The van der Waals surface area contributed by atoms with Crippen molar-refractivity contribution in [1.29, 1.82) is 0 Å². The second kappa shape index (κ2) is 11.1. The number of nitrogens with one attached hydrogen (secondary N) is 1. The minimum atomic E-state index is -1.01. The Hall–Kier alpha value is -4.16. The molecule has 2 aromatic heterocycles. The van der Waals surface area contributed by atoms with E-state index in [0.717, 1.165) is 42.9 Å². The molecule has 0 radical (unpaired) electrons. The Morgan fingerprint density at radius 1 is 1.10 bits per heavy atom. The van der Waals surface area contributed by atoms with Crippen molar-refractivity contribution in [2.45, 2.75) is 19.0 Å². The van der Waals surface area contributed by atoms with E-state index in [-0.39, 0.29) is 23.3 Å². The topological polar surface area (TPSA) is 157 Å². The number of carboxylic acid groups (broad SMARTS) is 1. The number of fused-ring (bicyclic) bond motifs is 1. The molecule has 0 saturated carbocycles. The van der Waals surface area contributed by atoms with Crippen LogP contribution in [0.5, 0.6) is 0 Å². The summed E-state index contributed by atoms with van der Waals surface area (Å²) < 4.78 is 0. The van der Waals surface area contributed by atoms with E-state index in [1.807, 2.05) is 25.1 Å². The van der Waals surface area contributed by atoms with Crippen molar-refractivity contribution in [3.63, 3.8) is 0 Å². The van der Waals surface area contributed by atoms with E-state index in [0.29, 0.717) is 24.3 Å². The van der Waals surface area contributed by atoms with Gasteiger partial charge >= 0.3 is 6.09 Å². The molecule has 6 N–H and O–H groups in total. The van der Waals surface area contributed by atoms with Crippen LogP contribution < -0.4 is 26.6 Å². The molecule has 40 heavy (non-hydrogen) atoms. The normalized spacial score (nSPS) is 21.9. The van der Waals surface area contributed by atoms with Crippen LogP contribution in [0.3, 0.4) is 0 Å². The summed E-state index contributed by atoms with van der Waals surface area (Å²) in [5.74, 6) is -0.467. The highest BCUT2D eigenvalue weighted by atomic mass is 16.4. The van der Waals surface area contributed by atoms with Crippen LogP contribution in [0, 0.1) is 5.92 Å². The Morgan fingerprint density at radius 3 is 2.55 bits per heavy atom. The number of nitrogen functional groups attached to an aromatic ring is 1. The summed E-state index contributed by atoms with van der Waals surface area (Å²) in [7, 11) is 3.67. The number of amides is 2. The SMILES string of the molecule is C[C@H]1CN(c2ccncc2NC(=O)c2nc3cc(N4CCN(C)CC4)ccc3cc2N)C[C@@H](N)[C@H]1N(C)C(=O)O. The fourth-order valence-corrected chi connectivity index (χ4v) is 5.86. The van der Waals surface area contributed by atoms with Gasteiger partial charge < -0.3 is 41.5 Å². The van der Waals surface area contributed by atoms with Gasteiger partial charge in [-0.3, -0.25) is 9.78 Å². The first-order chi connectivity index (χ1) is 19.1. The number of aromatic nitrogens is 2. The molecule has 3 atom stereocenters. The molecule has 0 spiro atoms. The zero-order valence-corrected chi connectivity index (χ0v) is 23.1. The fraction of sp³-hybridized carbons (Fsp3) is 0.429. The second-order valence-electron chi connectivity index (χ2n) is 10.9. The lowest BCUT2D eigenvalue weighted by Crippen LogP contribution is -2.62. The first-order valence-corrected chi connectivity index (χ1v) is 13.5. The van der Waals surface area contributed by atoms with Crippen molar-refractivity contribution in [3.05, 3.63) is 48.4 Å². The number of nitrogens with zero attached hydrogens (tertiary/aromatic N) is 6. The number of anilines is 4. The summed E-state index contributed by atoms with van der Waals surface area (Å²) >= 11 is 0. The third-order valence-electron chi connectivity index (χ3n) is 8.01. The van der Waals surface area contributed by atoms with Gasteiger partial charge in [-0.25, -0.2) is 9.78 Å². The smallest absolute Gasteiger partial charge is 0.407 e. The van der Waals surface area contributed by atoms with Crippen molar-refractivity contribution in [2.24, 2.45) is 11.7 Å². The average molecular weight is 548 g/mol. The van der Waals surface area contributed by atoms with Gasteiger partial charge in [0.15, 0.2) is 5.69 Å². The fourth-order valence-electron chi connectivity index (χ4n) is 5.86. The van der Waals surface area contributed by atoms with Crippen LogP contribution in [0.15, 0.2) is 42.7 Å². The highest BCUT2D eigenvalue weighted by molar-refractivity contribution is 6.09. The number of pyridine rings is 2. The van der Waals surface area contributed by atoms with Gasteiger partial charge in [0.1, 0.15) is 0 Å². The first kappa shape index (κ1) is 27.4. The van der Waals surface area contributed by atoms with E-state index >= 15 is 0 Å². The molecule has 1 aromatic carbocycles. The van der Waals surface area contributed by atoms with Crippen molar-refractivity contribution >= 4 is 45.7 Å². The van der Waals surface area contributed by atoms with Gasteiger partial charge in [0, 0.05) is 69.6 Å². The summed E-state index contributed by atoms with van der Waals surface area (Å²) in [5.41, 5.74) is 16.2. The van der Waals surface area contributed by atoms with Crippen LogP contribution >= 0.6 is 0 Å². The molecule has 212 valence electrons. The minimum Gasteiger partial charge on any atom is -0.465 e. The van der Waals surface area contributed by atoms with Crippen LogP contribution in [-0.4, -0.2) is 102 Å². The highest BCUT2D eigenvalue weighted by Crippen LogP contribution is 2.31. The summed E-state index contributed by atoms with van der Waals surface area (Å²) in [5, 5.41) is 13.3. The molecule has 0 unspecified atom stereocenters. The highest BCUT2D eigenvalue weighted by Gasteiger charge is 2.37. The molecule has 2 fully saturated rings. The zero-order chi connectivity index (χ0) is 28.6. The van der Waals surface area contributed by atoms with Crippen LogP contribution in [0.2, 0.25) is 0 Å². The van der Waals surface area contributed by atoms with Gasteiger partial charge in [-0.1, -0.05) is 13.0 Å². The Bertz CT molecular complexity index is 1400. The molecule has 0 bridgehead atoms. The van der Waals surface area contributed by atoms with Gasteiger partial charge in [0.25, 0.3) is 5.91 Å². The third kappa shape index (κ3) is 5.45. The summed E-state index contributed by atoms with van der Waals surface area (Å²) in [6, 6.07) is 8.94. The van der Waals surface area contributed by atoms with Crippen LogP contribution in [0.25, 0.3) is 10.9 Å². The van der Waals surface area contributed by atoms with Gasteiger partial charge in [-0.05, 0) is 37.2 Å². The largest absolute Gasteiger partial charge is 0.465 e. The van der Waals surface area contributed by atoms with E-state index in [1.54, 1.807) is 25.5 Å². The van der Waals surface area contributed by atoms with Gasteiger partial charge in [0.2, 0.25) is 0 Å². The number of carbonyl (C=O) groups is 2. The maximum atomic E-state index is 13.5. The van der Waals surface area contributed by atoms with Crippen LogP contribution in [0.1, 0.15) is 17.4 Å². The zero-order valence-electron chi connectivity index (χ0n) is 23.1. The summed E-state index contributed by atoms with van der Waals surface area (Å²) in [6.45, 7) is 6.81. The molecular formula is C28H37N9O3. The van der Waals surface area contributed by atoms with Crippen LogP contribution in [0.4, 0.5) is 27.5 Å². The Balaban J connectivity index is 1.37. The molecule has 0 aliphatic carbocycles. The lowest BCUT2D eigenvalue weighted by Gasteiger charge is -2.45. The van der Waals surface area contributed by atoms with E-state index in [1.165, 1.54) is 4.90 Å². The van der Waals surface area contributed by atoms with Crippen molar-refractivity contribution in [3.8, 4) is 0 Å². The Morgan fingerprint density at radius 2 is 1.85 bits per heavy atom. The molecule has 3 aromatic rings. The molecule has 5 rings (SSSR count). The molecule has 12 heteroatoms. The second-order valence-corrected chi connectivity index (χ2v) is 10.9. The molecule has 2 amide bonds. The molecule has 12 nitrogen and oxygen atoms in total.